The highest BCUT2D eigenvalue weighted by Gasteiger charge is 2.09. The minimum absolute atomic E-state index is 0.414. The zero-order chi connectivity index (χ0) is 14.4. The summed E-state index contributed by atoms with van der Waals surface area (Å²) in [6.45, 7) is 6.15. The molecule has 104 valence electrons. The van der Waals surface area contributed by atoms with Crippen molar-refractivity contribution in [2.45, 2.75) is 13.1 Å². The molecule has 1 aromatic heterocycles. The van der Waals surface area contributed by atoms with Crippen molar-refractivity contribution >= 4 is 23.2 Å². The maximum Gasteiger partial charge on any atom is 0.135 e. The summed E-state index contributed by atoms with van der Waals surface area (Å²) in [5, 5.41) is 0.872. The van der Waals surface area contributed by atoms with Crippen molar-refractivity contribution in [1.82, 2.24) is 9.88 Å². The Balaban J connectivity index is 2.11. The van der Waals surface area contributed by atoms with Gasteiger partial charge in [-0.25, -0.2) is 4.98 Å². The van der Waals surface area contributed by atoms with E-state index in [0.717, 1.165) is 18.7 Å². The lowest BCUT2D eigenvalue weighted by Gasteiger charge is -2.21. The van der Waals surface area contributed by atoms with Crippen LogP contribution < -0.4 is 0 Å². The Labute approximate surface area is 129 Å². The third-order valence-corrected chi connectivity index (χ3v) is 3.46. The van der Waals surface area contributed by atoms with Gasteiger partial charge in [-0.15, -0.1) is 6.58 Å². The molecule has 2 nitrogen and oxygen atoms in total. The molecular weight excluding hydrogens is 291 g/mol. The van der Waals surface area contributed by atoms with Gasteiger partial charge >= 0.3 is 0 Å². The molecule has 0 saturated carbocycles. The summed E-state index contributed by atoms with van der Waals surface area (Å²) < 4.78 is 0. The van der Waals surface area contributed by atoms with Crippen molar-refractivity contribution in [3.05, 3.63) is 76.6 Å². The Hall–Kier alpha value is -1.35. The molecule has 0 aliphatic rings. The van der Waals surface area contributed by atoms with E-state index in [1.165, 1.54) is 5.56 Å². The summed E-state index contributed by atoms with van der Waals surface area (Å²) in [5.74, 6) is 0. The number of hydrogen-bond donors (Lipinski definition) is 0. The smallest absolute Gasteiger partial charge is 0.135 e. The van der Waals surface area contributed by atoms with Crippen LogP contribution in [0.2, 0.25) is 10.3 Å². The van der Waals surface area contributed by atoms with Gasteiger partial charge in [0.25, 0.3) is 0 Å². The fraction of sp³-hybridized carbons (Fsp3) is 0.188. The van der Waals surface area contributed by atoms with Gasteiger partial charge in [0, 0.05) is 25.2 Å². The van der Waals surface area contributed by atoms with Crippen molar-refractivity contribution < 1.29 is 0 Å². The largest absolute Gasteiger partial charge is 0.291 e. The first-order chi connectivity index (χ1) is 9.69. The number of nitrogens with zero attached hydrogens (tertiary/aromatic N) is 2. The van der Waals surface area contributed by atoms with E-state index in [1.54, 1.807) is 6.07 Å². The average molecular weight is 307 g/mol. The van der Waals surface area contributed by atoms with Gasteiger partial charge in [0.05, 0.1) is 0 Å². The van der Waals surface area contributed by atoms with Crippen LogP contribution in [0.3, 0.4) is 0 Å². The fourth-order valence-electron chi connectivity index (χ4n) is 2.01. The molecule has 1 heterocycles. The SMILES string of the molecule is C=CCN(Cc1ccccc1)Cc1ccc(Cl)nc1Cl. The summed E-state index contributed by atoms with van der Waals surface area (Å²) in [6.07, 6.45) is 1.89. The topological polar surface area (TPSA) is 16.1 Å². The van der Waals surface area contributed by atoms with Crippen LogP contribution in [0.25, 0.3) is 0 Å². The summed E-state index contributed by atoms with van der Waals surface area (Å²) in [7, 11) is 0. The maximum atomic E-state index is 6.13. The number of benzene rings is 1. The zero-order valence-electron chi connectivity index (χ0n) is 11.1. The van der Waals surface area contributed by atoms with E-state index < -0.39 is 0 Å². The van der Waals surface area contributed by atoms with Crippen LogP contribution in [0.5, 0.6) is 0 Å². The molecular formula is C16H16Cl2N2. The Morgan fingerprint density at radius 2 is 1.80 bits per heavy atom. The Kier molecular flexibility index (Phi) is 5.60. The van der Waals surface area contributed by atoms with Gasteiger partial charge in [0.15, 0.2) is 0 Å². The van der Waals surface area contributed by atoms with Gasteiger partial charge in [-0.1, -0.05) is 65.7 Å². The highest BCUT2D eigenvalue weighted by Crippen LogP contribution is 2.19. The van der Waals surface area contributed by atoms with Crippen LogP contribution in [-0.2, 0) is 13.1 Å². The molecule has 0 spiro atoms. The predicted molar refractivity (Wildman–Crippen MR) is 85.0 cm³/mol. The second-order valence-electron chi connectivity index (χ2n) is 4.53. The molecule has 1 aromatic carbocycles. The molecule has 4 heteroatoms. The highest BCUT2D eigenvalue weighted by atomic mass is 35.5. The number of pyridine rings is 1. The van der Waals surface area contributed by atoms with E-state index in [-0.39, 0.29) is 0 Å². The average Bonchev–Trinajstić information content (AvgIpc) is 2.43. The van der Waals surface area contributed by atoms with Crippen molar-refractivity contribution in [3.8, 4) is 0 Å². The van der Waals surface area contributed by atoms with Crippen molar-refractivity contribution in [2.75, 3.05) is 6.54 Å². The van der Waals surface area contributed by atoms with Crippen LogP contribution in [0.4, 0.5) is 0 Å². The number of aromatic nitrogens is 1. The summed E-state index contributed by atoms with van der Waals surface area (Å²) >= 11 is 11.9. The third-order valence-electron chi connectivity index (χ3n) is 2.92. The lowest BCUT2D eigenvalue weighted by atomic mass is 10.2. The molecule has 2 rings (SSSR count). The molecule has 0 saturated heterocycles. The summed E-state index contributed by atoms with van der Waals surface area (Å²) in [5.41, 5.74) is 2.22. The Morgan fingerprint density at radius 3 is 2.45 bits per heavy atom. The van der Waals surface area contributed by atoms with E-state index in [9.17, 15) is 0 Å². The molecule has 2 aromatic rings. The van der Waals surface area contributed by atoms with Crippen LogP contribution >= 0.6 is 23.2 Å². The Bertz CT molecular complexity index is 570. The molecule has 0 radical (unpaired) electrons. The second-order valence-corrected chi connectivity index (χ2v) is 5.27. The number of hydrogen-bond acceptors (Lipinski definition) is 2. The van der Waals surface area contributed by atoms with E-state index in [4.69, 9.17) is 23.2 Å². The monoisotopic (exact) mass is 306 g/mol. The van der Waals surface area contributed by atoms with Gasteiger partial charge < -0.3 is 0 Å². The van der Waals surface area contributed by atoms with Crippen molar-refractivity contribution in [3.63, 3.8) is 0 Å². The molecule has 0 unspecified atom stereocenters. The van der Waals surface area contributed by atoms with Gasteiger partial charge in [0.2, 0.25) is 0 Å². The lowest BCUT2D eigenvalue weighted by Crippen LogP contribution is -2.23. The summed E-state index contributed by atoms with van der Waals surface area (Å²) in [4.78, 5) is 6.32. The Morgan fingerprint density at radius 1 is 1.05 bits per heavy atom. The van der Waals surface area contributed by atoms with Gasteiger partial charge in [-0.3, -0.25) is 4.90 Å². The maximum absolute atomic E-state index is 6.13. The highest BCUT2D eigenvalue weighted by molar-refractivity contribution is 6.32. The van der Waals surface area contributed by atoms with Crippen molar-refractivity contribution in [2.24, 2.45) is 0 Å². The lowest BCUT2D eigenvalue weighted by molar-refractivity contribution is 0.286. The van der Waals surface area contributed by atoms with E-state index in [2.05, 4.69) is 28.6 Å². The molecule has 20 heavy (non-hydrogen) atoms. The van der Waals surface area contributed by atoms with Crippen LogP contribution in [0.1, 0.15) is 11.1 Å². The number of rotatable bonds is 6. The molecule has 0 aliphatic carbocycles. The van der Waals surface area contributed by atoms with Gasteiger partial charge in [-0.2, -0.15) is 0 Å². The van der Waals surface area contributed by atoms with Crippen LogP contribution in [0, 0.1) is 0 Å². The van der Waals surface area contributed by atoms with E-state index >= 15 is 0 Å². The van der Waals surface area contributed by atoms with E-state index in [0.29, 0.717) is 16.9 Å². The summed E-state index contributed by atoms with van der Waals surface area (Å²) in [6, 6.07) is 14.0. The molecule has 0 fully saturated rings. The molecule has 0 amide bonds. The quantitative estimate of drug-likeness (QED) is 0.574. The minimum atomic E-state index is 0.414. The van der Waals surface area contributed by atoms with Gasteiger partial charge in [-0.05, 0) is 11.6 Å². The zero-order valence-corrected chi connectivity index (χ0v) is 12.6. The third kappa shape index (κ3) is 4.34. The van der Waals surface area contributed by atoms with E-state index in [1.807, 2.05) is 30.3 Å². The molecule has 0 atom stereocenters. The fourth-order valence-corrected chi connectivity index (χ4v) is 2.41. The van der Waals surface area contributed by atoms with Crippen LogP contribution in [-0.4, -0.2) is 16.4 Å². The first-order valence-corrected chi connectivity index (χ1v) is 7.12. The normalized spacial score (nSPS) is 10.8. The first-order valence-electron chi connectivity index (χ1n) is 6.37. The first kappa shape index (κ1) is 15.0. The number of halogens is 2. The minimum Gasteiger partial charge on any atom is -0.291 e. The molecule has 0 N–H and O–H groups in total. The molecule has 0 bridgehead atoms. The van der Waals surface area contributed by atoms with Gasteiger partial charge in [0.1, 0.15) is 10.3 Å². The second kappa shape index (κ2) is 7.44. The van der Waals surface area contributed by atoms with Crippen molar-refractivity contribution in [1.29, 1.82) is 0 Å². The molecule has 0 aliphatic heterocycles. The predicted octanol–water partition coefficient (Wildman–Crippen LogP) is 4.58. The standard InChI is InChI=1S/C16H16Cl2N2/c1-2-10-20(11-13-6-4-3-5-7-13)12-14-8-9-15(17)19-16(14)18/h2-9H,1,10-12H2. The van der Waals surface area contributed by atoms with Crippen LogP contribution in [0.15, 0.2) is 55.1 Å².